The summed E-state index contributed by atoms with van der Waals surface area (Å²) in [4.78, 5) is 17.3. The molecule has 2 heterocycles. The Labute approximate surface area is 306 Å². The zero-order valence-corrected chi connectivity index (χ0v) is 29.9. The third-order valence-electron chi connectivity index (χ3n) is 9.47. The molecule has 9 nitrogen and oxygen atoms in total. The number of nitrogens with zero attached hydrogens (tertiary/aromatic N) is 2. The second-order valence-electron chi connectivity index (χ2n) is 13.1. The number of carbonyl (C=O) groups excluding carboxylic acids is 1. The predicted molar refractivity (Wildman–Crippen MR) is 197 cm³/mol. The van der Waals surface area contributed by atoms with Crippen LogP contribution in [-0.4, -0.2) is 76.8 Å². The highest BCUT2D eigenvalue weighted by molar-refractivity contribution is 5.68. The lowest BCUT2D eigenvalue weighted by atomic mass is 9.87. The van der Waals surface area contributed by atoms with E-state index in [0.717, 1.165) is 59.8 Å². The van der Waals surface area contributed by atoms with E-state index in [9.17, 15) is 9.18 Å². The maximum Gasteiger partial charge on any atom is 0.410 e. The fraction of sp³-hybridized carbons (Fsp3) is 0.405. The van der Waals surface area contributed by atoms with Crippen LogP contribution in [0.1, 0.15) is 47.4 Å². The van der Waals surface area contributed by atoms with E-state index in [2.05, 4.69) is 29.2 Å². The molecule has 2 atom stereocenters. The van der Waals surface area contributed by atoms with Gasteiger partial charge in [-0.15, -0.1) is 0 Å². The largest absolute Gasteiger partial charge is 0.494 e. The monoisotopic (exact) mass is 712 g/mol. The van der Waals surface area contributed by atoms with Gasteiger partial charge in [-0.3, -0.25) is 0 Å². The summed E-state index contributed by atoms with van der Waals surface area (Å²) in [5, 5.41) is 0. The van der Waals surface area contributed by atoms with Gasteiger partial charge in [0.05, 0.1) is 51.3 Å². The van der Waals surface area contributed by atoms with Crippen LogP contribution >= 0.6 is 0 Å². The average Bonchev–Trinajstić information content (AvgIpc) is 3.19. The summed E-state index contributed by atoms with van der Waals surface area (Å²) < 4.78 is 49.0. The van der Waals surface area contributed by atoms with Crippen LogP contribution in [0.15, 0.2) is 97.1 Å². The first kappa shape index (κ1) is 37.1. The molecule has 4 aromatic carbocycles. The van der Waals surface area contributed by atoms with E-state index in [1.54, 1.807) is 30.2 Å². The molecule has 2 unspecified atom stereocenters. The van der Waals surface area contributed by atoms with Gasteiger partial charge >= 0.3 is 6.09 Å². The standard InChI is InChI=1S/C42H49FN2O7/c1-47-23-7-20-44-22-26-50-40-18-13-33(27-39(40)44)30-51-41-28-45(42(46)52-29-32-9-3-2-4-10-32)21-19-37(41)34-14-16-36(17-15-34)49-25-8-24-48-31-35-11-5-6-12-38(35)43/h2-6,9-18,27,37,41H,7-8,19-26,28-31H2,1H3. The SMILES string of the molecule is COCCCN1CCOc2ccc(COC3CN(C(=O)OCc4ccccc4)CCC3c3ccc(OCCCOCc4ccccc4F)cc3)cc21. The summed E-state index contributed by atoms with van der Waals surface area (Å²) >= 11 is 0. The van der Waals surface area contributed by atoms with Crippen molar-refractivity contribution in [1.82, 2.24) is 4.90 Å². The lowest BCUT2D eigenvalue weighted by molar-refractivity contribution is -0.0246. The molecule has 2 aliphatic rings. The van der Waals surface area contributed by atoms with Crippen LogP contribution in [0.4, 0.5) is 14.9 Å². The third-order valence-corrected chi connectivity index (χ3v) is 9.47. The van der Waals surface area contributed by atoms with Gasteiger partial charge in [0.2, 0.25) is 0 Å². The summed E-state index contributed by atoms with van der Waals surface area (Å²) in [6.45, 7) is 5.89. The third kappa shape index (κ3) is 10.5. The van der Waals surface area contributed by atoms with E-state index >= 15 is 0 Å². The number of benzene rings is 4. The number of likely N-dealkylation sites (tertiary alicyclic amines) is 1. The number of anilines is 1. The van der Waals surface area contributed by atoms with Gasteiger partial charge in [-0.05, 0) is 59.9 Å². The molecule has 0 saturated carbocycles. The molecular formula is C42H49FN2O7. The van der Waals surface area contributed by atoms with Crippen molar-refractivity contribution < 1.29 is 37.6 Å². The van der Waals surface area contributed by atoms with Crippen molar-refractivity contribution in [3.8, 4) is 11.5 Å². The predicted octanol–water partition coefficient (Wildman–Crippen LogP) is 7.76. The number of methoxy groups -OCH3 is 1. The number of carbonyl (C=O) groups is 1. The van der Waals surface area contributed by atoms with Crippen LogP contribution in [0.2, 0.25) is 0 Å². The van der Waals surface area contributed by atoms with Gasteiger partial charge in [-0.25, -0.2) is 9.18 Å². The van der Waals surface area contributed by atoms with Gasteiger partial charge in [0, 0.05) is 44.7 Å². The minimum Gasteiger partial charge on any atom is -0.494 e. The van der Waals surface area contributed by atoms with E-state index in [0.29, 0.717) is 58.1 Å². The zero-order chi connectivity index (χ0) is 36.0. The fourth-order valence-electron chi connectivity index (χ4n) is 6.65. The van der Waals surface area contributed by atoms with Gasteiger partial charge in [0.25, 0.3) is 0 Å². The Morgan fingerprint density at radius 3 is 2.50 bits per heavy atom. The number of piperidine rings is 1. The molecule has 0 aromatic heterocycles. The molecule has 52 heavy (non-hydrogen) atoms. The second-order valence-corrected chi connectivity index (χ2v) is 13.1. The Hall–Kier alpha value is -4.64. The quantitative estimate of drug-likeness (QED) is 0.103. The average molecular weight is 713 g/mol. The molecule has 4 aromatic rings. The van der Waals surface area contributed by atoms with Crippen LogP contribution in [0.5, 0.6) is 11.5 Å². The number of ether oxygens (including phenoxy) is 6. The summed E-state index contributed by atoms with van der Waals surface area (Å²) in [6, 6.07) is 30.7. The number of hydrogen-bond acceptors (Lipinski definition) is 8. The molecule has 6 rings (SSSR count). The van der Waals surface area contributed by atoms with Crippen molar-refractivity contribution >= 4 is 11.8 Å². The van der Waals surface area contributed by atoms with Gasteiger partial charge < -0.3 is 38.2 Å². The second kappa shape index (κ2) is 19.3. The summed E-state index contributed by atoms with van der Waals surface area (Å²) in [5.74, 6) is 1.47. The van der Waals surface area contributed by atoms with Crippen LogP contribution in [0.3, 0.4) is 0 Å². The van der Waals surface area contributed by atoms with Crippen molar-refractivity contribution in [2.45, 2.75) is 51.1 Å². The van der Waals surface area contributed by atoms with E-state index in [1.165, 1.54) is 6.07 Å². The van der Waals surface area contributed by atoms with Crippen LogP contribution in [0, 0.1) is 5.82 Å². The number of fused-ring (bicyclic) bond motifs is 1. The minimum absolute atomic E-state index is 0.0745. The highest BCUT2D eigenvalue weighted by Gasteiger charge is 2.34. The van der Waals surface area contributed by atoms with Gasteiger partial charge in [-0.1, -0.05) is 66.7 Å². The normalized spacial score (nSPS) is 17.0. The molecule has 2 aliphatic heterocycles. The van der Waals surface area contributed by atoms with Gasteiger partial charge in [0.1, 0.15) is 30.5 Å². The van der Waals surface area contributed by atoms with Crippen molar-refractivity contribution in [2.24, 2.45) is 0 Å². The maximum absolute atomic E-state index is 13.8. The first-order valence-corrected chi connectivity index (χ1v) is 18.2. The highest BCUT2D eigenvalue weighted by Crippen LogP contribution is 2.35. The van der Waals surface area contributed by atoms with E-state index < -0.39 is 0 Å². The Morgan fingerprint density at radius 2 is 1.67 bits per heavy atom. The van der Waals surface area contributed by atoms with E-state index in [1.807, 2.05) is 48.5 Å². The van der Waals surface area contributed by atoms with Crippen molar-refractivity contribution in [3.63, 3.8) is 0 Å². The topological polar surface area (TPSA) is 78.9 Å². The maximum atomic E-state index is 13.8. The molecule has 1 saturated heterocycles. The summed E-state index contributed by atoms with van der Waals surface area (Å²) in [5.41, 5.74) is 4.75. The number of amides is 1. The smallest absolute Gasteiger partial charge is 0.410 e. The highest BCUT2D eigenvalue weighted by atomic mass is 19.1. The molecule has 1 amide bonds. The fourth-order valence-corrected chi connectivity index (χ4v) is 6.65. The molecule has 10 heteroatoms. The molecule has 276 valence electrons. The van der Waals surface area contributed by atoms with Crippen LogP contribution in [0.25, 0.3) is 0 Å². The summed E-state index contributed by atoms with van der Waals surface area (Å²) in [7, 11) is 1.73. The molecule has 0 aliphatic carbocycles. The molecule has 0 N–H and O–H groups in total. The number of rotatable bonds is 17. The molecule has 0 radical (unpaired) electrons. The molecule has 1 fully saturated rings. The Bertz CT molecular complexity index is 1690. The Balaban J connectivity index is 1.07. The molecular weight excluding hydrogens is 663 g/mol. The van der Waals surface area contributed by atoms with E-state index in [4.69, 9.17) is 28.4 Å². The Morgan fingerprint density at radius 1 is 0.846 bits per heavy atom. The van der Waals surface area contributed by atoms with E-state index in [-0.39, 0.29) is 37.1 Å². The van der Waals surface area contributed by atoms with Crippen molar-refractivity contribution in [1.29, 1.82) is 0 Å². The lowest BCUT2D eigenvalue weighted by Gasteiger charge is -2.38. The zero-order valence-electron chi connectivity index (χ0n) is 29.9. The van der Waals surface area contributed by atoms with Crippen LogP contribution < -0.4 is 14.4 Å². The van der Waals surface area contributed by atoms with Crippen molar-refractivity contribution in [3.05, 3.63) is 125 Å². The first-order chi connectivity index (χ1) is 25.6. The van der Waals surface area contributed by atoms with Gasteiger partial charge in [-0.2, -0.15) is 0 Å². The Kier molecular flexibility index (Phi) is 13.8. The van der Waals surface area contributed by atoms with Gasteiger partial charge in [0.15, 0.2) is 0 Å². The minimum atomic E-state index is -0.338. The van der Waals surface area contributed by atoms with Crippen LogP contribution in [-0.2, 0) is 38.8 Å². The number of halogens is 1. The number of hydrogen-bond donors (Lipinski definition) is 0. The summed E-state index contributed by atoms with van der Waals surface area (Å²) in [6.07, 6.45) is 1.77. The first-order valence-electron chi connectivity index (χ1n) is 18.2. The lowest BCUT2D eigenvalue weighted by Crippen LogP contribution is -2.47. The molecule has 0 bridgehead atoms. The van der Waals surface area contributed by atoms with Crippen molar-refractivity contribution in [2.75, 3.05) is 64.6 Å². The molecule has 0 spiro atoms.